The molecule has 13 heavy (non-hydrogen) atoms. The van der Waals surface area contributed by atoms with Gasteiger partial charge in [-0.3, -0.25) is 0 Å². The van der Waals surface area contributed by atoms with Gasteiger partial charge in [-0.1, -0.05) is 0 Å². The molecule has 5 heteroatoms. The van der Waals surface area contributed by atoms with Gasteiger partial charge >= 0.3 is 0 Å². The maximum absolute atomic E-state index is 9.36. The first kappa shape index (κ1) is 10.6. The molecule has 0 aliphatic carbocycles. The SMILES string of the molecule is COCC(O)Cc1ncc(Br)cn1. The van der Waals surface area contributed by atoms with Crippen molar-refractivity contribution in [1.29, 1.82) is 0 Å². The Morgan fingerprint density at radius 1 is 1.54 bits per heavy atom. The van der Waals surface area contributed by atoms with Crippen molar-refractivity contribution in [2.75, 3.05) is 13.7 Å². The van der Waals surface area contributed by atoms with Crippen molar-refractivity contribution in [2.45, 2.75) is 12.5 Å². The third kappa shape index (κ3) is 3.80. The Morgan fingerprint density at radius 3 is 2.69 bits per heavy atom. The highest BCUT2D eigenvalue weighted by Crippen LogP contribution is 2.05. The van der Waals surface area contributed by atoms with E-state index in [9.17, 15) is 5.11 Å². The average molecular weight is 247 g/mol. The number of hydrogen-bond acceptors (Lipinski definition) is 4. The Hall–Kier alpha value is -0.520. The number of methoxy groups -OCH3 is 1. The molecule has 1 unspecified atom stereocenters. The zero-order valence-electron chi connectivity index (χ0n) is 7.27. The third-order valence-corrected chi connectivity index (χ3v) is 1.86. The monoisotopic (exact) mass is 246 g/mol. The van der Waals surface area contributed by atoms with Crippen LogP contribution in [0.2, 0.25) is 0 Å². The average Bonchev–Trinajstić information content (AvgIpc) is 2.09. The van der Waals surface area contributed by atoms with Crippen molar-refractivity contribution in [3.63, 3.8) is 0 Å². The highest BCUT2D eigenvalue weighted by atomic mass is 79.9. The maximum atomic E-state index is 9.36. The van der Waals surface area contributed by atoms with Gasteiger partial charge in [-0.15, -0.1) is 0 Å². The Labute approximate surface area is 85.1 Å². The lowest BCUT2D eigenvalue weighted by atomic mass is 10.2. The Bertz CT molecular complexity index is 253. The largest absolute Gasteiger partial charge is 0.390 e. The first-order valence-electron chi connectivity index (χ1n) is 3.86. The lowest BCUT2D eigenvalue weighted by molar-refractivity contribution is 0.0638. The fraction of sp³-hybridized carbons (Fsp3) is 0.500. The van der Waals surface area contributed by atoms with Crippen LogP contribution in [0.1, 0.15) is 5.82 Å². The summed E-state index contributed by atoms with van der Waals surface area (Å²) < 4.78 is 5.62. The van der Waals surface area contributed by atoms with Crippen LogP contribution < -0.4 is 0 Å². The van der Waals surface area contributed by atoms with Gasteiger partial charge in [0.2, 0.25) is 0 Å². The molecule has 0 fully saturated rings. The zero-order chi connectivity index (χ0) is 9.68. The van der Waals surface area contributed by atoms with Crippen molar-refractivity contribution < 1.29 is 9.84 Å². The smallest absolute Gasteiger partial charge is 0.130 e. The number of nitrogens with zero attached hydrogens (tertiary/aromatic N) is 2. The van der Waals surface area contributed by atoms with Crippen LogP contribution in [0.25, 0.3) is 0 Å². The van der Waals surface area contributed by atoms with Crippen LogP contribution in [0.15, 0.2) is 16.9 Å². The standard InChI is InChI=1S/C8H11BrN2O2/c1-13-5-7(12)2-8-10-3-6(9)4-11-8/h3-4,7,12H,2,5H2,1H3. The molecule has 1 aromatic heterocycles. The van der Waals surface area contributed by atoms with Crippen LogP contribution in [0.3, 0.4) is 0 Å². The number of hydrogen-bond donors (Lipinski definition) is 1. The normalized spacial score (nSPS) is 12.8. The Kier molecular flexibility index (Phi) is 4.27. The van der Waals surface area contributed by atoms with Crippen molar-refractivity contribution in [2.24, 2.45) is 0 Å². The number of ether oxygens (including phenoxy) is 1. The predicted octanol–water partition coefficient (Wildman–Crippen LogP) is 0.789. The van der Waals surface area contributed by atoms with Crippen molar-refractivity contribution in [1.82, 2.24) is 9.97 Å². The van der Waals surface area contributed by atoms with E-state index in [1.165, 1.54) is 0 Å². The fourth-order valence-electron chi connectivity index (χ4n) is 0.906. The van der Waals surface area contributed by atoms with Crippen molar-refractivity contribution in [3.8, 4) is 0 Å². The first-order valence-corrected chi connectivity index (χ1v) is 4.65. The summed E-state index contributed by atoms with van der Waals surface area (Å²) >= 11 is 3.23. The second kappa shape index (κ2) is 5.26. The number of aliphatic hydroxyl groups excluding tert-OH is 1. The van der Waals surface area contributed by atoms with Crippen molar-refractivity contribution in [3.05, 3.63) is 22.7 Å². The minimum absolute atomic E-state index is 0.305. The van der Waals surface area contributed by atoms with Crippen LogP contribution >= 0.6 is 15.9 Å². The van der Waals surface area contributed by atoms with Gasteiger partial charge in [0.25, 0.3) is 0 Å². The number of aromatic nitrogens is 2. The second-order valence-electron chi connectivity index (χ2n) is 2.63. The molecule has 1 aromatic rings. The Morgan fingerprint density at radius 2 is 2.15 bits per heavy atom. The predicted molar refractivity (Wildman–Crippen MR) is 51.3 cm³/mol. The molecule has 1 N–H and O–H groups in total. The third-order valence-electron chi connectivity index (χ3n) is 1.45. The van der Waals surface area contributed by atoms with E-state index in [1.807, 2.05) is 0 Å². The molecule has 0 aliphatic rings. The number of halogens is 1. The van der Waals surface area contributed by atoms with Crippen LogP contribution in [-0.4, -0.2) is 34.9 Å². The van der Waals surface area contributed by atoms with Crippen LogP contribution in [0, 0.1) is 0 Å². The molecule has 0 amide bonds. The Balaban J connectivity index is 2.49. The highest BCUT2D eigenvalue weighted by Gasteiger charge is 2.06. The van der Waals surface area contributed by atoms with E-state index in [0.29, 0.717) is 18.9 Å². The van der Waals surface area contributed by atoms with Gasteiger partial charge < -0.3 is 9.84 Å². The molecule has 1 heterocycles. The highest BCUT2D eigenvalue weighted by molar-refractivity contribution is 9.10. The summed E-state index contributed by atoms with van der Waals surface area (Å²) in [5, 5.41) is 9.36. The van der Waals surface area contributed by atoms with E-state index < -0.39 is 6.10 Å². The molecular weight excluding hydrogens is 236 g/mol. The van der Waals surface area contributed by atoms with Gasteiger partial charge in [0.15, 0.2) is 0 Å². The van der Waals surface area contributed by atoms with E-state index in [2.05, 4.69) is 25.9 Å². The summed E-state index contributed by atoms with van der Waals surface area (Å²) in [6.45, 7) is 0.305. The van der Waals surface area contributed by atoms with E-state index in [-0.39, 0.29) is 0 Å². The lowest BCUT2D eigenvalue weighted by Crippen LogP contribution is -2.18. The minimum atomic E-state index is -0.536. The molecule has 0 aromatic carbocycles. The first-order chi connectivity index (χ1) is 6.22. The summed E-state index contributed by atoms with van der Waals surface area (Å²) in [5.41, 5.74) is 0. The molecule has 0 saturated carbocycles. The van der Waals surface area contributed by atoms with Gasteiger partial charge in [-0.05, 0) is 15.9 Å². The molecule has 0 bridgehead atoms. The topological polar surface area (TPSA) is 55.2 Å². The molecule has 0 radical (unpaired) electrons. The zero-order valence-corrected chi connectivity index (χ0v) is 8.86. The van der Waals surface area contributed by atoms with E-state index in [0.717, 1.165) is 4.47 Å². The maximum Gasteiger partial charge on any atom is 0.130 e. The lowest BCUT2D eigenvalue weighted by Gasteiger charge is -2.07. The molecule has 4 nitrogen and oxygen atoms in total. The summed E-state index contributed by atoms with van der Waals surface area (Å²) in [6.07, 6.45) is 3.19. The summed E-state index contributed by atoms with van der Waals surface area (Å²) in [6, 6.07) is 0. The molecule has 0 aliphatic heterocycles. The van der Waals surface area contributed by atoms with Gasteiger partial charge in [0.1, 0.15) is 5.82 Å². The van der Waals surface area contributed by atoms with Gasteiger partial charge in [-0.2, -0.15) is 0 Å². The van der Waals surface area contributed by atoms with Crippen LogP contribution in [0.5, 0.6) is 0 Å². The molecule has 1 rings (SSSR count). The molecule has 72 valence electrons. The van der Waals surface area contributed by atoms with Crippen LogP contribution in [-0.2, 0) is 11.2 Å². The van der Waals surface area contributed by atoms with E-state index in [4.69, 9.17) is 4.74 Å². The molecule has 0 spiro atoms. The van der Waals surface area contributed by atoms with E-state index >= 15 is 0 Å². The molecular formula is C8H11BrN2O2. The van der Waals surface area contributed by atoms with Gasteiger partial charge in [0.05, 0.1) is 17.2 Å². The second-order valence-corrected chi connectivity index (χ2v) is 3.55. The summed E-state index contributed by atoms with van der Waals surface area (Å²) in [4.78, 5) is 8.05. The summed E-state index contributed by atoms with van der Waals surface area (Å²) in [5.74, 6) is 0.618. The van der Waals surface area contributed by atoms with E-state index in [1.54, 1.807) is 19.5 Å². The quantitative estimate of drug-likeness (QED) is 0.854. The number of rotatable bonds is 4. The minimum Gasteiger partial charge on any atom is -0.390 e. The fourth-order valence-corrected chi connectivity index (χ4v) is 1.11. The van der Waals surface area contributed by atoms with Gasteiger partial charge in [0, 0.05) is 25.9 Å². The molecule has 0 saturated heterocycles. The summed E-state index contributed by atoms with van der Waals surface area (Å²) in [7, 11) is 1.55. The molecule has 1 atom stereocenters. The van der Waals surface area contributed by atoms with Crippen LogP contribution in [0.4, 0.5) is 0 Å². The van der Waals surface area contributed by atoms with Crippen molar-refractivity contribution >= 4 is 15.9 Å². The van der Waals surface area contributed by atoms with Gasteiger partial charge in [-0.25, -0.2) is 9.97 Å². The number of aliphatic hydroxyl groups is 1.